The van der Waals surface area contributed by atoms with E-state index in [0.717, 1.165) is 23.8 Å². The number of nitrogens with zero attached hydrogens (tertiary/aromatic N) is 2. The summed E-state index contributed by atoms with van der Waals surface area (Å²) in [6.07, 6.45) is 1.30. The van der Waals surface area contributed by atoms with Gasteiger partial charge in [-0.25, -0.2) is 4.98 Å². The molecular weight excluding hydrogens is 256 g/mol. The first-order valence-corrected chi connectivity index (χ1v) is 7.43. The van der Waals surface area contributed by atoms with Crippen molar-refractivity contribution in [3.63, 3.8) is 0 Å². The van der Waals surface area contributed by atoms with Gasteiger partial charge in [-0.3, -0.25) is 0 Å². The number of aryl methyl sites for hydroxylation is 1. The number of rotatable bonds is 3. The van der Waals surface area contributed by atoms with Crippen LogP contribution in [-0.2, 0) is 6.54 Å². The fourth-order valence-electron chi connectivity index (χ4n) is 2.86. The van der Waals surface area contributed by atoms with Gasteiger partial charge in [-0.1, -0.05) is 19.9 Å². The van der Waals surface area contributed by atoms with Crippen LogP contribution in [0.2, 0.25) is 0 Å². The zero-order valence-corrected chi connectivity index (χ0v) is 12.8. The van der Waals surface area contributed by atoms with E-state index in [9.17, 15) is 0 Å². The second kappa shape index (κ2) is 4.24. The molecule has 102 valence electrons. The van der Waals surface area contributed by atoms with Crippen LogP contribution in [0.3, 0.4) is 0 Å². The predicted molar refractivity (Wildman–Crippen MR) is 80.6 cm³/mol. The second-order valence-electron chi connectivity index (χ2n) is 6.58. The summed E-state index contributed by atoms with van der Waals surface area (Å²) in [5, 5.41) is -0.0467. The van der Waals surface area contributed by atoms with E-state index < -0.39 is 0 Å². The quantitative estimate of drug-likeness (QED) is 0.744. The van der Waals surface area contributed by atoms with Crippen molar-refractivity contribution in [2.24, 2.45) is 11.3 Å². The van der Waals surface area contributed by atoms with Gasteiger partial charge in [0.05, 0.1) is 16.4 Å². The summed E-state index contributed by atoms with van der Waals surface area (Å²) in [6, 6.07) is 6.44. The lowest BCUT2D eigenvalue weighted by Gasteiger charge is -2.12. The van der Waals surface area contributed by atoms with Gasteiger partial charge in [0.2, 0.25) is 0 Å². The number of alkyl halides is 1. The van der Waals surface area contributed by atoms with Crippen molar-refractivity contribution < 1.29 is 0 Å². The summed E-state index contributed by atoms with van der Waals surface area (Å²) in [5.41, 5.74) is 4.04. The molecule has 1 aliphatic carbocycles. The van der Waals surface area contributed by atoms with Crippen molar-refractivity contribution in [3.05, 3.63) is 29.6 Å². The number of halogens is 1. The molecule has 2 aromatic rings. The third kappa shape index (κ3) is 2.27. The highest BCUT2D eigenvalue weighted by atomic mass is 35.5. The minimum atomic E-state index is -0.0467. The van der Waals surface area contributed by atoms with Gasteiger partial charge in [-0.2, -0.15) is 0 Å². The number of hydrogen-bond acceptors (Lipinski definition) is 1. The number of benzene rings is 1. The van der Waals surface area contributed by atoms with Crippen molar-refractivity contribution in [1.29, 1.82) is 0 Å². The molecule has 0 spiro atoms. The minimum absolute atomic E-state index is 0.0467. The highest BCUT2D eigenvalue weighted by Gasteiger charge is 2.45. The predicted octanol–water partition coefficient (Wildman–Crippen LogP) is 4.69. The van der Waals surface area contributed by atoms with Gasteiger partial charge in [0.25, 0.3) is 0 Å². The van der Waals surface area contributed by atoms with Gasteiger partial charge in [0.1, 0.15) is 5.82 Å². The van der Waals surface area contributed by atoms with Crippen LogP contribution in [0.1, 0.15) is 44.0 Å². The van der Waals surface area contributed by atoms with Gasteiger partial charge in [0.15, 0.2) is 0 Å². The monoisotopic (exact) mass is 276 g/mol. The largest absolute Gasteiger partial charge is 0.326 e. The van der Waals surface area contributed by atoms with E-state index in [1.807, 2.05) is 6.92 Å². The minimum Gasteiger partial charge on any atom is -0.326 e. The molecule has 0 amide bonds. The smallest absolute Gasteiger partial charge is 0.127 e. The van der Waals surface area contributed by atoms with Crippen molar-refractivity contribution in [3.8, 4) is 0 Å². The first-order chi connectivity index (χ1) is 8.88. The Labute approximate surface area is 119 Å². The maximum atomic E-state index is 6.31. The van der Waals surface area contributed by atoms with Crippen LogP contribution >= 0.6 is 11.6 Å². The normalized spacial score (nSPS) is 22.7. The lowest BCUT2D eigenvalue weighted by atomic mass is 10.1. The van der Waals surface area contributed by atoms with Crippen LogP contribution in [0.25, 0.3) is 11.0 Å². The highest BCUT2D eigenvalue weighted by Crippen LogP contribution is 2.52. The molecule has 1 aromatic carbocycles. The lowest BCUT2D eigenvalue weighted by molar-refractivity contribution is 0.495. The summed E-state index contributed by atoms with van der Waals surface area (Å²) in [5.74, 6) is 1.75. The third-order valence-electron chi connectivity index (χ3n) is 4.41. The molecule has 1 aliphatic rings. The Balaban J connectivity index is 2.08. The standard InChI is InChI=1S/C16H21ClN2/c1-10-5-6-13-14(7-10)19(15(18-13)11(2)17)9-12-8-16(12,3)4/h5-7,11-12H,8-9H2,1-4H3. The van der Waals surface area contributed by atoms with Crippen LogP contribution in [0.5, 0.6) is 0 Å². The Bertz CT molecular complexity index is 625. The van der Waals surface area contributed by atoms with Gasteiger partial charge >= 0.3 is 0 Å². The van der Waals surface area contributed by atoms with Crippen molar-refractivity contribution >= 4 is 22.6 Å². The fourth-order valence-corrected chi connectivity index (χ4v) is 3.02. The molecule has 2 unspecified atom stereocenters. The van der Waals surface area contributed by atoms with Crippen molar-refractivity contribution in [1.82, 2.24) is 9.55 Å². The Morgan fingerprint density at radius 1 is 1.47 bits per heavy atom. The van der Waals surface area contributed by atoms with Crippen molar-refractivity contribution in [2.75, 3.05) is 0 Å². The van der Waals surface area contributed by atoms with Gasteiger partial charge in [-0.15, -0.1) is 11.6 Å². The third-order valence-corrected chi connectivity index (χ3v) is 4.60. The molecule has 0 N–H and O–H groups in total. The zero-order chi connectivity index (χ0) is 13.8. The van der Waals surface area contributed by atoms with Crippen molar-refractivity contribution in [2.45, 2.75) is 46.0 Å². The van der Waals surface area contributed by atoms with E-state index >= 15 is 0 Å². The molecule has 1 saturated carbocycles. The van der Waals surface area contributed by atoms with E-state index in [2.05, 4.69) is 43.5 Å². The molecule has 0 radical (unpaired) electrons. The molecule has 19 heavy (non-hydrogen) atoms. The molecule has 1 heterocycles. The van der Waals surface area contributed by atoms with Crippen LogP contribution < -0.4 is 0 Å². The molecule has 1 fully saturated rings. The number of hydrogen-bond donors (Lipinski definition) is 0. The van der Waals surface area contributed by atoms with Crippen LogP contribution in [0.4, 0.5) is 0 Å². The summed E-state index contributed by atoms with van der Waals surface area (Å²) in [6.45, 7) is 9.85. The number of aromatic nitrogens is 2. The molecule has 1 aromatic heterocycles. The van der Waals surface area contributed by atoms with E-state index in [4.69, 9.17) is 16.6 Å². The average molecular weight is 277 g/mol. The maximum Gasteiger partial charge on any atom is 0.127 e. The summed E-state index contributed by atoms with van der Waals surface area (Å²) in [7, 11) is 0. The van der Waals surface area contributed by atoms with Gasteiger partial charge in [-0.05, 0) is 49.3 Å². The topological polar surface area (TPSA) is 17.8 Å². The van der Waals surface area contributed by atoms with E-state index in [0.29, 0.717) is 5.41 Å². The Hall–Kier alpha value is -1.02. The molecule has 0 aliphatic heterocycles. The summed E-state index contributed by atoms with van der Waals surface area (Å²) in [4.78, 5) is 4.71. The van der Waals surface area contributed by atoms with Crippen LogP contribution in [-0.4, -0.2) is 9.55 Å². The Morgan fingerprint density at radius 2 is 2.16 bits per heavy atom. The van der Waals surface area contributed by atoms with Crippen LogP contribution in [0.15, 0.2) is 18.2 Å². The fraction of sp³-hybridized carbons (Fsp3) is 0.562. The summed E-state index contributed by atoms with van der Waals surface area (Å²) >= 11 is 6.31. The van der Waals surface area contributed by atoms with E-state index in [1.54, 1.807) is 0 Å². The average Bonchev–Trinajstić information content (AvgIpc) is 2.77. The molecule has 3 heteroatoms. The molecule has 2 nitrogen and oxygen atoms in total. The van der Waals surface area contributed by atoms with Gasteiger partial charge < -0.3 is 4.57 Å². The Morgan fingerprint density at radius 3 is 2.74 bits per heavy atom. The second-order valence-corrected chi connectivity index (χ2v) is 7.23. The molecule has 0 saturated heterocycles. The lowest BCUT2D eigenvalue weighted by Crippen LogP contribution is -2.08. The molecule has 3 rings (SSSR count). The van der Waals surface area contributed by atoms with Crippen LogP contribution in [0, 0.1) is 18.3 Å². The number of fused-ring (bicyclic) bond motifs is 1. The molecule has 2 atom stereocenters. The first kappa shape index (κ1) is 13.0. The van der Waals surface area contributed by atoms with E-state index in [1.165, 1.54) is 17.5 Å². The number of imidazole rings is 1. The molecular formula is C16H21ClN2. The SMILES string of the molecule is Cc1ccc2nc(C(C)Cl)n(CC3CC3(C)C)c2c1. The highest BCUT2D eigenvalue weighted by molar-refractivity contribution is 6.20. The Kier molecular flexibility index (Phi) is 2.90. The maximum absolute atomic E-state index is 6.31. The zero-order valence-electron chi connectivity index (χ0n) is 12.1. The molecule has 0 bridgehead atoms. The van der Waals surface area contributed by atoms with Gasteiger partial charge in [0, 0.05) is 6.54 Å². The summed E-state index contributed by atoms with van der Waals surface area (Å²) < 4.78 is 2.33. The van der Waals surface area contributed by atoms with E-state index in [-0.39, 0.29) is 5.38 Å². The first-order valence-electron chi connectivity index (χ1n) is 6.99.